The van der Waals surface area contributed by atoms with Crippen LogP contribution in [0, 0.1) is 0 Å². The lowest BCUT2D eigenvalue weighted by atomic mass is 10.0. The van der Waals surface area contributed by atoms with E-state index in [4.69, 9.17) is 5.11 Å². The van der Waals surface area contributed by atoms with E-state index in [0.29, 0.717) is 5.23 Å². The average molecular weight is 165 g/mol. The minimum atomic E-state index is -1.03. The van der Waals surface area contributed by atoms with Gasteiger partial charge in [0, 0.05) is 0 Å². The fourth-order valence-corrected chi connectivity index (χ4v) is 0.288. The molecule has 0 heterocycles. The highest BCUT2D eigenvalue weighted by atomic mass is 79.9. The lowest BCUT2D eigenvalue weighted by molar-refractivity contribution is 0.201. The summed E-state index contributed by atoms with van der Waals surface area (Å²) < 4.78 is 0. The third-order valence-electron chi connectivity index (χ3n) is 0.303. The molecule has 0 rings (SSSR count). The largest absolute Gasteiger partial charge is 0.466 e. The summed E-state index contributed by atoms with van der Waals surface area (Å²) in [4.78, 5) is 9.60. The van der Waals surface area contributed by atoms with Crippen LogP contribution in [0.2, 0.25) is 0 Å². The maximum atomic E-state index is 9.60. The van der Waals surface area contributed by atoms with Crippen LogP contribution in [-0.2, 0) is 0 Å². The van der Waals surface area contributed by atoms with Crippen molar-refractivity contribution in [2.75, 3.05) is 5.23 Å². The quantitative estimate of drug-likeness (QED) is 0.454. The monoisotopic (exact) mass is 164 g/mol. The number of amides is 1. The second-order valence-corrected chi connectivity index (χ2v) is 1.46. The summed E-state index contributed by atoms with van der Waals surface area (Å²) in [5, 5.41) is 10.5. The van der Waals surface area contributed by atoms with Crippen LogP contribution < -0.4 is 5.23 Å². The van der Waals surface area contributed by atoms with Gasteiger partial charge in [-0.3, -0.25) is 0 Å². The lowest BCUT2D eigenvalue weighted by Gasteiger charge is -1.88. The third kappa shape index (κ3) is 5.81. The summed E-state index contributed by atoms with van der Waals surface area (Å²) in [5.41, 5.74) is 0. The molecule has 0 spiro atoms. The van der Waals surface area contributed by atoms with Crippen molar-refractivity contribution in [2.24, 2.45) is 0 Å². The molecule has 0 aliphatic heterocycles. The second-order valence-electron chi connectivity index (χ2n) is 0.808. The topological polar surface area (TPSA) is 49.3 Å². The van der Waals surface area contributed by atoms with Crippen LogP contribution in [0.1, 0.15) is 0 Å². The first-order valence-electron chi connectivity index (χ1n) is 1.64. The zero-order chi connectivity index (χ0) is 5.70. The number of halogens is 1. The van der Waals surface area contributed by atoms with E-state index in [9.17, 15) is 4.79 Å². The van der Waals surface area contributed by atoms with E-state index in [0.717, 1.165) is 0 Å². The van der Waals surface area contributed by atoms with E-state index in [1.165, 1.54) is 7.41 Å². The maximum Gasteiger partial charge on any atom is 0.392 e. The van der Waals surface area contributed by atoms with Crippen LogP contribution >= 0.6 is 15.9 Å². The average Bonchev–Trinajstić information content (AvgIpc) is 1.61. The molecule has 1 amide bonds. The zero-order valence-corrected chi connectivity index (χ0v) is 5.10. The minimum absolute atomic E-state index is 0.541. The van der Waals surface area contributed by atoms with Gasteiger partial charge in [0.2, 0.25) is 0 Å². The fraction of sp³-hybridized carbons (Fsp3) is 0.500. The molecular formula is C2H4BBrNO2. The van der Waals surface area contributed by atoms with E-state index in [1.54, 1.807) is 0 Å². The van der Waals surface area contributed by atoms with Crippen LogP contribution in [0.25, 0.3) is 0 Å². The number of nitrogens with one attached hydrogen (secondary N) is 1. The normalized spacial score (nSPS) is 7.57. The van der Waals surface area contributed by atoms with Crippen LogP contribution in [0.5, 0.6) is 0 Å². The molecule has 0 aliphatic rings. The van der Waals surface area contributed by atoms with Gasteiger partial charge in [-0.1, -0.05) is 0 Å². The summed E-state index contributed by atoms with van der Waals surface area (Å²) >= 11 is 3.00. The van der Waals surface area contributed by atoms with Crippen molar-refractivity contribution in [3.63, 3.8) is 0 Å². The van der Waals surface area contributed by atoms with Gasteiger partial charge in [0.15, 0.2) is 0 Å². The summed E-state index contributed by atoms with van der Waals surface area (Å²) in [6.45, 7) is 0. The molecule has 0 aromatic heterocycles. The van der Waals surface area contributed by atoms with E-state index in [1.807, 2.05) is 5.23 Å². The number of hydrogen-bond acceptors (Lipinski definition) is 1. The van der Waals surface area contributed by atoms with Gasteiger partial charge in [-0.2, -0.15) is 0 Å². The zero-order valence-electron chi connectivity index (χ0n) is 3.52. The van der Waals surface area contributed by atoms with Crippen molar-refractivity contribution >= 4 is 29.4 Å². The van der Waals surface area contributed by atoms with Gasteiger partial charge in [-0.25, -0.2) is 4.79 Å². The Labute approximate surface area is 50.5 Å². The smallest absolute Gasteiger partial charge is 0.392 e. The van der Waals surface area contributed by atoms with Gasteiger partial charge < -0.3 is 10.3 Å². The Kier molecular flexibility index (Phi) is 3.88. The predicted octanol–water partition coefficient (Wildman–Crippen LogP) is 0.226. The number of carbonyl (C=O) groups is 1. The Morgan fingerprint density at radius 2 is 2.57 bits per heavy atom. The Hall–Kier alpha value is -0.185. The van der Waals surface area contributed by atoms with Gasteiger partial charge in [0.25, 0.3) is 7.41 Å². The number of carboxylic acid groups (broad SMARTS) is 1. The Bertz CT molecular complexity index is 68.7. The van der Waals surface area contributed by atoms with Crippen molar-refractivity contribution in [2.45, 2.75) is 0 Å². The molecule has 0 unspecified atom stereocenters. The molecule has 0 atom stereocenters. The standard InChI is InChI=1S/C2H4BBrNO2/c4-1-3-5-2(6)7/h5H,1H2,(H,6,7). The van der Waals surface area contributed by atoms with Gasteiger partial charge >= 0.3 is 6.09 Å². The van der Waals surface area contributed by atoms with E-state index in [-0.39, 0.29) is 0 Å². The van der Waals surface area contributed by atoms with Crippen LogP contribution in [0.15, 0.2) is 0 Å². The van der Waals surface area contributed by atoms with Crippen molar-refractivity contribution in [1.82, 2.24) is 5.23 Å². The first-order chi connectivity index (χ1) is 3.27. The van der Waals surface area contributed by atoms with Gasteiger partial charge in [-0.15, -0.1) is 15.9 Å². The van der Waals surface area contributed by atoms with Gasteiger partial charge in [0.1, 0.15) is 0 Å². The molecule has 0 fully saturated rings. The third-order valence-corrected chi connectivity index (χ3v) is 0.626. The molecular weight excluding hydrogens is 161 g/mol. The van der Waals surface area contributed by atoms with E-state index < -0.39 is 6.09 Å². The van der Waals surface area contributed by atoms with Crippen LogP contribution in [0.3, 0.4) is 0 Å². The summed E-state index contributed by atoms with van der Waals surface area (Å²) in [7, 11) is 1.39. The summed E-state index contributed by atoms with van der Waals surface area (Å²) in [6, 6.07) is 0. The molecule has 0 aromatic rings. The van der Waals surface area contributed by atoms with Crippen LogP contribution in [-0.4, -0.2) is 23.8 Å². The Morgan fingerprint density at radius 1 is 2.00 bits per heavy atom. The fourth-order valence-electron chi connectivity index (χ4n) is 0.126. The highest BCUT2D eigenvalue weighted by Crippen LogP contribution is 1.70. The minimum Gasteiger partial charge on any atom is -0.466 e. The van der Waals surface area contributed by atoms with Gasteiger partial charge in [0.05, 0.1) is 0 Å². The van der Waals surface area contributed by atoms with Crippen molar-refractivity contribution < 1.29 is 9.90 Å². The van der Waals surface area contributed by atoms with Crippen molar-refractivity contribution in [3.05, 3.63) is 0 Å². The highest BCUT2D eigenvalue weighted by Gasteiger charge is 1.90. The van der Waals surface area contributed by atoms with E-state index >= 15 is 0 Å². The summed E-state index contributed by atoms with van der Waals surface area (Å²) in [5.74, 6) is 0. The molecule has 5 heteroatoms. The van der Waals surface area contributed by atoms with Gasteiger partial charge in [-0.05, 0) is 5.23 Å². The molecule has 0 aliphatic carbocycles. The number of hydrogen-bond donors (Lipinski definition) is 2. The molecule has 7 heavy (non-hydrogen) atoms. The second kappa shape index (κ2) is 3.99. The summed E-state index contributed by atoms with van der Waals surface area (Å²) in [6.07, 6.45) is -1.03. The molecule has 1 radical (unpaired) electrons. The van der Waals surface area contributed by atoms with E-state index in [2.05, 4.69) is 15.9 Å². The number of alkyl halides is 1. The molecule has 3 nitrogen and oxygen atoms in total. The van der Waals surface area contributed by atoms with Crippen LogP contribution in [0.4, 0.5) is 4.79 Å². The molecule has 0 saturated carbocycles. The molecule has 0 saturated heterocycles. The molecule has 39 valence electrons. The first-order valence-corrected chi connectivity index (χ1v) is 2.76. The number of rotatable bonds is 2. The molecule has 0 bridgehead atoms. The molecule has 0 aromatic carbocycles. The lowest BCUT2D eigenvalue weighted by Crippen LogP contribution is -2.26. The van der Waals surface area contributed by atoms with Crippen molar-refractivity contribution in [3.8, 4) is 0 Å². The first kappa shape index (κ1) is 6.81. The van der Waals surface area contributed by atoms with Crippen molar-refractivity contribution in [1.29, 1.82) is 0 Å². The molecule has 2 N–H and O–H groups in total. The Morgan fingerprint density at radius 3 is 2.71 bits per heavy atom. The Balaban J connectivity index is 2.82. The SMILES string of the molecule is O=C(O)N[B]CBr. The maximum absolute atomic E-state index is 9.60. The predicted molar refractivity (Wildman–Crippen MR) is 30.7 cm³/mol. The highest BCUT2D eigenvalue weighted by molar-refractivity contribution is 9.09.